The number of amides is 1. The van der Waals surface area contributed by atoms with Gasteiger partial charge in [-0.1, -0.05) is 12.1 Å². The molecule has 0 atom stereocenters. The van der Waals surface area contributed by atoms with Crippen LogP contribution in [0.3, 0.4) is 0 Å². The molecule has 98 valence electrons. The van der Waals surface area contributed by atoms with E-state index in [4.69, 9.17) is 9.84 Å². The number of phenolic OH excluding ortho intramolecular Hbond substituents is 1. The predicted molar refractivity (Wildman–Crippen MR) is 73.4 cm³/mol. The van der Waals surface area contributed by atoms with Crippen LogP contribution >= 0.6 is 0 Å². The summed E-state index contributed by atoms with van der Waals surface area (Å²) in [5.74, 6) is 0.479. The fraction of sp³-hybridized carbons (Fsp3) is 0.133. The minimum atomic E-state index is -0.223. The number of hydrogen-bond donors (Lipinski definition) is 2. The lowest BCUT2D eigenvalue weighted by atomic mass is 10.2. The van der Waals surface area contributed by atoms with Gasteiger partial charge in [0.1, 0.15) is 11.5 Å². The number of ether oxygens (including phenoxy) is 1. The molecule has 0 radical (unpaired) electrons. The van der Waals surface area contributed by atoms with Gasteiger partial charge >= 0.3 is 0 Å². The van der Waals surface area contributed by atoms with Crippen molar-refractivity contribution < 1.29 is 14.6 Å². The van der Waals surface area contributed by atoms with E-state index in [1.165, 1.54) is 12.1 Å². The molecule has 19 heavy (non-hydrogen) atoms. The van der Waals surface area contributed by atoms with E-state index in [9.17, 15) is 4.79 Å². The Labute approximate surface area is 111 Å². The van der Waals surface area contributed by atoms with Crippen molar-refractivity contribution in [3.8, 4) is 11.5 Å². The smallest absolute Gasteiger partial charge is 0.262 e. The van der Waals surface area contributed by atoms with E-state index in [2.05, 4.69) is 5.32 Å². The molecule has 0 aliphatic heterocycles. The van der Waals surface area contributed by atoms with Gasteiger partial charge in [-0.2, -0.15) is 0 Å². The van der Waals surface area contributed by atoms with Crippen LogP contribution in [0.2, 0.25) is 0 Å². The third kappa shape index (κ3) is 4.03. The predicted octanol–water partition coefficient (Wildman–Crippen LogP) is 2.72. The molecule has 4 heteroatoms. The minimum Gasteiger partial charge on any atom is -0.508 e. The summed E-state index contributed by atoms with van der Waals surface area (Å²) in [6.07, 6.45) is 0. The van der Waals surface area contributed by atoms with Crippen LogP contribution in [0.5, 0.6) is 11.5 Å². The lowest BCUT2D eigenvalue weighted by Crippen LogP contribution is -2.20. The number of hydrogen-bond acceptors (Lipinski definition) is 3. The summed E-state index contributed by atoms with van der Waals surface area (Å²) in [7, 11) is 0. The Bertz CT molecular complexity index is 564. The lowest BCUT2D eigenvalue weighted by Gasteiger charge is -2.08. The van der Waals surface area contributed by atoms with Crippen LogP contribution in [0.4, 0.5) is 5.69 Å². The summed E-state index contributed by atoms with van der Waals surface area (Å²) in [6.45, 7) is 1.89. The molecular weight excluding hydrogens is 242 g/mol. The third-order valence-corrected chi connectivity index (χ3v) is 2.51. The number of aromatic hydroxyl groups is 1. The zero-order valence-electron chi connectivity index (χ0n) is 10.6. The summed E-state index contributed by atoms with van der Waals surface area (Å²) in [5, 5.41) is 11.9. The number of carbonyl (C=O) groups excluding carboxylic acids is 1. The number of carbonyl (C=O) groups is 1. The number of phenols is 1. The van der Waals surface area contributed by atoms with Crippen molar-refractivity contribution in [2.45, 2.75) is 6.92 Å². The Morgan fingerprint density at radius 1 is 1.21 bits per heavy atom. The summed E-state index contributed by atoms with van der Waals surface area (Å²) in [6, 6.07) is 13.8. The number of benzene rings is 2. The molecule has 0 spiro atoms. The van der Waals surface area contributed by atoms with Crippen LogP contribution < -0.4 is 10.1 Å². The van der Waals surface area contributed by atoms with E-state index in [1.807, 2.05) is 31.2 Å². The Kier molecular flexibility index (Phi) is 4.03. The van der Waals surface area contributed by atoms with Crippen molar-refractivity contribution in [2.75, 3.05) is 11.9 Å². The average molecular weight is 257 g/mol. The highest BCUT2D eigenvalue weighted by molar-refractivity contribution is 5.91. The SMILES string of the molecule is Cc1cccc(NC(=O)COc2ccc(O)cc2)c1. The Morgan fingerprint density at radius 3 is 2.63 bits per heavy atom. The number of rotatable bonds is 4. The second kappa shape index (κ2) is 5.91. The number of aryl methyl sites for hydroxylation is 1. The van der Waals surface area contributed by atoms with E-state index >= 15 is 0 Å². The molecule has 2 N–H and O–H groups in total. The molecule has 1 amide bonds. The van der Waals surface area contributed by atoms with Gasteiger partial charge in [-0.25, -0.2) is 0 Å². The highest BCUT2D eigenvalue weighted by atomic mass is 16.5. The van der Waals surface area contributed by atoms with Crippen LogP contribution in [0.1, 0.15) is 5.56 Å². The van der Waals surface area contributed by atoms with E-state index < -0.39 is 0 Å². The first-order valence-electron chi connectivity index (χ1n) is 5.92. The van der Waals surface area contributed by atoms with Crippen molar-refractivity contribution >= 4 is 11.6 Å². The highest BCUT2D eigenvalue weighted by Crippen LogP contribution is 2.16. The average Bonchev–Trinajstić information content (AvgIpc) is 2.38. The molecule has 0 unspecified atom stereocenters. The van der Waals surface area contributed by atoms with Gasteiger partial charge in [-0.3, -0.25) is 4.79 Å². The Hall–Kier alpha value is -2.49. The Balaban J connectivity index is 1.86. The molecule has 0 heterocycles. The lowest BCUT2D eigenvalue weighted by molar-refractivity contribution is -0.118. The molecule has 0 bridgehead atoms. The molecule has 2 aromatic rings. The zero-order valence-corrected chi connectivity index (χ0v) is 10.6. The van der Waals surface area contributed by atoms with Gasteiger partial charge < -0.3 is 15.2 Å². The second-order valence-electron chi connectivity index (χ2n) is 4.20. The topological polar surface area (TPSA) is 58.6 Å². The molecule has 4 nitrogen and oxygen atoms in total. The molecule has 0 saturated carbocycles. The van der Waals surface area contributed by atoms with Crippen LogP contribution in [0.25, 0.3) is 0 Å². The molecule has 2 rings (SSSR count). The van der Waals surface area contributed by atoms with Gasteiger partial charge in [0, 0.05) is 5.69 Å². The first-order chi connectivity index (χ1) is 9.13. The zero-order chi connectivity index (χ0) is 13.7. The van der Waals surface area contributed by atoms with Crippen LogP contribution in [0, 0.1) is 6.92 Å². The maximum Gasteiger partial charge on any atom is 0.262 e. The second-order valence-corrected chi connectivity index (χ2v) is 4.20. The van der Waals surface area contributed by atoms with Crippen molar-refractivity contribution in [3.05, 3.63) is 54.1 Å². The highest BCUT2D eigenvalue weighted by Gasteiger charge is 2.03. The number of nitrogens with one attached hydrogen (secondary N) is 1. The van der Waals surface area contributed by atoms with Gasteiger partial charge in [-0.15, -0.1) is 0 Å². The maximum absolute atomic E-state index is 11.7. The third-order valence-electron chi connectivity index (χ3n) is 2.51. The molecular formula is C15H15NO3. The quantitative estimate of drug-likeness (QED) is 0.885. The standard InChI is InChI=1S/C15H15NO3/c1-11-3-2-4-12(9-11)16-15(18)10-19-14-7-5-13(17)6-8-14/h2-9,17H,10H2,1H3,(H,16,18). The molecule has 0 saturated heterocycles. The summed E-state index contributed by atoms with van der Waals surface area (Å²) >= 11 is 0. The van der Waals surface area contributed by atoms with Crippen molar-refractivity contribution in [2.24, 2.45) is 0 Å². The van der Waals surface area contributed by atoms with Crippen LogP contribution in [-0.2, 0) is 4.79 Å². The van der Waals surface area contributed by atoms with Gasteiger partial charge in [0.05, 0.1) is 0 Å². The normalized spacial score (nSPS) is 9.95. The first-order valence-corrected chi connectivity index (χ1v) is 5.92. The molecule has 0 fully saturated rings. The van der Waals surface area contributed by atoms with Crippen molar-refractivity contribution in [1.29, 1.82) is 0 Å². The largest absolute Gasteiger partial charge is 0.508 e. The first kappa shape index (κ1) is 13.0. The molecule has 0 aliphatic rings. The number of anilines is 1. The molecule has 0 aliphatic carbocycles. The summed E-state index contributed by atoms with van der Waals surface area (Å²) in [5.41, 5.74) is 1.83. The van der Waals surface area contributed by atoms with Gasteiger partial charge in [-0.05, 0) is 48.9 Å². The summed E-state index contributed by atoms with van der Waals surface area (Å²) in [4.78, 5) is 11.7. The van der Waals surface area contributed by atoms with Crippen molar-refractivity contribution in [3.63, 3.8) is 0 Å². The van der Waals surface area contributed by atoms with Crippen LogP contribution in [0.15, 0.2) is 48.5 Å². The van der Waals surface area contributed by atoms with Gasteiger partial charge in [0.2, 0.25) is 0 Å². The van der Waals surface area contributed by atoms with Crippen molar-refractivity contribution in [1.82, 2.24) is 0 Å². The fourth-order valence-electron chi connectivity index (χ4n) is 1.61. The molecule has 0 aromatic heterocycles. The van der Waals surface area contributed by atoms with E-state index in [0.717, 1.165) is 11.3 Å². The van der Waals surface area contributed by atoms with E-state index in [0.29, 0.717) is 5.75 Å². The molecule has 2 aromatic carbocycles. The Morgan fingerprint density at radius 2 is 1.95 bits per heavy atom. The monoisotopic (exact) mass is 257 g/mol. The van der Waals surface area contributed by atoms with Gasteiger partial charge in [0.15, 0.2) is 6.61 Å². The van der Waals surface area contributed by atoms with E-state index in [1.54, 1.807) is 12.1 Å². The minimum absolute atomic E-state index is 0.0707. The fourth-order valence-corrected chi connectivity index (χ4v) is 1.61. The van der Waals surface area contributed by atoms with Crippen LogP contribution in [-0.4, -0.2) is 17.6 Å². The van der Waals surface area contributed by atoms with Gasteiger partial charge in [0.25, 0.3) is 5.91 Å². The van der Waals surface area contributed by atoms with E-state index in [-0.39, 0.29) is 18.3 Å². The summed E-state index contributed by atoms with van der Waals surface area (Å²) < 4.78 is 5.30. The maximum atomic E-state index is 11.7.